The fraction of sp³-hybridized carbons (Fsp3) is 0.267. The highest BCUT2D eigenvalue weighted by Gasteiger charge is 2.08. The van der Waals surface area contributed by atoms with Gasteiger partial charge in [0.05, 0.1) is 0 Å². The van der Waals surface area contributed by atoms with Crippen LogP contribution >= 0.6 is 0 Å². The summed E-state index contributed by atoms with van der Waals surface area (Å²) in [6.07, 6.45) is 1.48. The zero-order valence-electron chi connectivity index (χ0n) is 12.4. The molecule has 2 aromatic rings. The Balaban J connectivity index is 1.87. The number of amides is 1. The van der Waals surface area contributed by atoms with E-state index in [0.29, 0.717) is 5.75 Å². The van der Waals surface area contributed by atoms with E-state index in [0.717, 1.165) is 11.1 Å². The molecule has 0 bridgehead atoms. The average molecular weight is 303 g/mol. The van der Waals surface area contributed by atoms with Crippen LogP contribution in [-0.2, 0) is 16.1 Å². The summed E-state index contributed by atoms with van der Waals surface area (Å²) in [5.74, 6) is -0.424. The van der Waals surface area contributed by atoms with Crippen molar-refractivity contribution < 1.29 is 19.4 Å². The number of carboxylic acids is 1. The van der Waals surface area contributed by atoms with Crippen molar-refractivity contribution in [2.45, 2.75) is 20.4 Å². The van der Waals surface area contributed by atoms with E-state index in [1.807, 2.05) is 32.0 Å². The molecule has 1 heterocycles. The molecule has 1 amide bonds. The number of nitrogens with zero attached hydrogens (tertiary/aromatic N) is 2. The summed E-state index contributed by atoms with van der Waals surface area (Å²) in [5, 5.41) is 15.1. The van der Waals surface area contributed by atoms with E-state index in [2.05, 4.69) is 10.4 Å². The molecule has 0 saturated heterocycles. The number of aryl methyl sites for hydroxylation is 2. The van der Waals surface area contributed by atoms with Gasteiger partial charge in [0.2, 0.25) is 0 Å². The number of aliphatic carboxylic acids is 1. The summed E-state index contributed by atoms with van der Waals surface area (Å²) < 4.78 is 6.68. The van der Waals surface area contributed by atoms with Crippen LogP contribution in [0.5, 0.6) is 5.75 Å². The molecule has 0 atom stereocenters. The molecule has 0 aliphatic carbocycles. The number of hydrogen-bond acceptors (Lipinski definition) is 4. The monoisotopic (exact) mass is 303 g/mol. The Morgan fingerprint density at radius 3 is 2.77 bits per heavy atom. The van der Waals surface area contributed by atoms with Crippen LogP contribution in [0.1, 0.15) is 11.1 Å². The van der Waals surface area contributed by atoms with Gasteiger partial charge in [-0.15, -0.1) is 0 Å². The number of carbonyl (C=O) groups excluding carboxylic acids is 1. The van der Waals surface area contributed by atoms with Crippen LogP contribution in [-0.4, -0.2) is 33.4 Å². The molecule has 0 spiro atoms. The second-order valence-electron chi connectivity index (χ2n) is 4.90. The second kappa shape index (κ2) is 6.75. The Kier molecular flexibility index (Phi) is 4.77. The van der Waals surface area contributed by atoms with Crippen molar-refractivity contribution in [3.8, 4) is 5.75 Å². The standard InChI is InChI=1S/C15H17N3O4/c1-10-3-4-12(11(2)7-10)22-9-14(19)16-13-5-6-18(17-13)8-15(20)21/h3-7H,8-9H2,1-2H3,(H,20,21)(H,16,17,19). The Morgan fingerprint density at radius 2 is 2.09 bits per heavy atom. The van der Waals surface area contributed by atoms with Crippen LogP contribution in [0.3, 0.4) is 0 Å². The Bertz CT molecular complexity index is 694. The molecule has 116 valence electrons. The number of rotatable bonds is 6. The molecule has 2 rings (SSSR count). The average Bonchev–Trinajstić information content (AvgIpc) is 2.84. The number of aromatic nitrogens is 2. The fourth-order valence-electron chi connectivity index (χ4n) is 1.94. The smallest absolute Gasteiger partial charge is 0.325 e. The molecule has 0 fully saturated rings. The van der Waals surface area contributed by atoms with Crippen LogP contribution < -0.4 is 10.1 Å². The lowest BCUT2D eigenvalue weighted by atomic mass is 10.1. The Morgan fingerprint density at radius 1 is 1.32 bits per heavy atom. The molecule has 0 aliphatic rings. The minimum absolute atomic E-state index is 0.143. The van der Waals surface area contributed by atoms with Crippen LogP contribution in [0.4, 0.5) is 5.82 Å². The van der Waals surface area contributed by atoms with E-state index in [1.54, 1.807) is 0 Å². The first-order valence-electron chi connectivity index (χ1n) is 6.69. The van der Waals surface area contributed by atoms with Crippen LogP contribution in [0, 0.1) is 13.8 Å². The van der Waals surface area contributed by atoms with Crippen molar-refractivity contribution in [1.29, 1.82) is 0 Å². The third-order valence-electron chi connectivity index (χ3n) is 2.89. The van der Waals surface area contributed by atoms with Gasteiger partial charge in [-0.1, -0.05) is 17.7 Å². The number of hydrogen-bond donors (Lipinski definition) is 2. The summed E-state index contributed by atoms with van der Waals surface area (Å²) in [4.78, 5) is 22.3. The Hall–Kier alpha value is -2.83. The highest BCUT2D eigenvalue weighted by molar-refractivity contribution is 5.90. The lowest BCUT2D eigenvalue weighted by Crippen LogP contribution is -2.21. The maximum absolute atomic E-state index is 11.8. The maximum atomic E-state index is 11.8. The van der Waals surface area contributed by atoms with Gasteiger partial charge in [-0.05, 0) is 25.5 Å². The third-order valence-corrected chi connectivity index (χ3v) is 2.89. The highest BCUT2D eigenvalue weighted by atomic mass is 16.5. The topological polar surface area (TPSA) is 93.5 Å². The van der Waals surface area contributed by atoms with Crippen LogP contribution in [0.25, 0.3) is 0 Å². The zero-order valence-corrected chi connectivity index (χ0v) is 12.4. The summed E-state index contributed by atoms with van der Waals surface area (Å²) in [6.45, 7) is 3.50. The van der Waals surface area contributed by atoms with E-state index in [1.165, 1.54) is 16.9 Å². The molecular weight excluding hydrogens is 286 g/mol. The van der Waals surface area contributed by atoms with E-state index < -0.39 is 5.97 Å². The second-order valence-corrected chi connectivity index (χ2v) is 4.90. The number of anilines is 1. The van der Waals surface area contributed by atoms with Gasteiger partial charge in [-0.2, -0.15) is 5.10 Å². The molecule has 0 saturated carbocycles. The zero-order chi connectivity index (χ0) is 16.1. The number of carboxylic acid groups (broad SMARTS) is 1. The molecule has 0 aliphatic heterocycles. The Labute approximate surface area is 127 Å². The van der Waals surface area contributed by atoms with Gasteiger partial charge in [-0.3, -0.25) is 14.3 Å². The molecule has 1 aromatic carbocycles. The van der Waals surface area contributed by atoms with Gasteiger partial charge < -0.3 is 15.2 Å². The van der Waals surface area contributed by atoms with Crippen molar-refractivity contribution in [2.75, 3.05) is 11.9 Å². The van der Waals surface area contributed by atoms with Gasteiger partial charge in [0.25, 0.3) is 5.91 Å². The predicted octanol–water partition coefficient (Wildman–Crippen LogP) is 1.60. The van der Waals surface area contributed by atoms with Crippen molar-refractivity contribution in [3.63, 3.8) is 0 Å². The molecule has 1 aromatic heterocycles. The van der Waals surface area contributed by atoms with E-state index >= 15 is 0 Å². The first kappa shape index (κ1) is 15.6. The van der Waals surface area contributed by atoms with Crippen LogP contribution in [0.15, 0.2) is 30.5 Å². The molecule has 0 radical (unpaired) electrons. The summed E-state index contributed by atoms with van der Waals surface area (Å²) in [7, 11) is 0. The van der Waals surface area contributed by atoms with E-state index in [-0.39, 0.29) is 24.9 Å². The molecule has 0 unspecified atom stereocenters. The highest BCUT2D eigenvalue weighted by Crippen LogP contribution is 2.18. The first-order chi connectivity index (χ1) is 10.4. The number of nitrogens with one attached hydrogen (secondary N) is 1. The molecule has 7 nitrogen and oxygen atoms in total. The van der Waals surface area contributed by atoms with Gasteiger partial charge in [0.1, 0.15) is 12.3 Å². The largest absolute Gasteiger partial charge is 0.483 e. The number of ether oxygens (including phenoxy) is 1. The number of benzene rings is 1. The van der Waals surface area contributed by atoms with Crippen molar-refractivity contribution >= 4 is 17.7 Å². The summed E-state index contributed by atoms with van der Waals surface area (Å²) in [6, 6.07) is 7.23. The van der Waals surface area contributed by atoms with E-state index in [4.69, 9.17) is 9.84 Å². The minimum atomic E-state index is -1.00. The molecular formula is C15H17N3O4. The normalized spacial score (nSPS) is 10.3. The van der Waals surface area contributed by atoms with Crippen molar-refractivity contribution in [3.05, 3.63) is 41.6 Å². The lowest BCUT2D eigenvalue weighted by Gasteiger charge is -2.09. The van der Waals surface area contributed by atoms with Gasteiger partial charge in [0.15, 0.2) is 12.4 Å². The minimum Gasteiger partial charge on any atom is -0.483 e. The summed E-state index contributed by atoms with van der Waals surface area (Å²) >= 11 is 0. The maximum Gasteiger partial charge on any atom is 0.325 e. The molecule has 7 heteroatoms. The summed E-state index contributed by atoms with van der Waals surface area (Å²) in [5.41, 5.74) is 2.08. The van der Waals surface area contributed by atoms with Crippen molar-refractivity contribution in [1.82, 2.24) is 9.78 Å². The predicted molar refractivity (Wildman–Crippen MR) is 79.9 cm³/mol. The van der Waals surface area contributed by atoms with Gasteiger partial charge >= 0.3 is 5.97 Å². The fourth-order valence-corrected chi connectivity index (χ4v) is 1.94. The van der Waals surface area contributed by atoms with E-state index in [9.17, 15) is 9.59 Å². The first-order valence-corrected chi connectivity index (χ1v) is 6.69. The van der Waals surface area contributed by atoms with Gasteiger partial charge in [0, 0.05) is 12.3 Å². The lowest BCUT2D eigenvalue weighted by molar-refractivity contribution is -0.137. The quantitative estimate of drug-likeness (QED) is 0.845. The SMILES string of the molecule is Cc1ccc(OCC(=O)Nc2ccn(CC(=O)O)n2)c(C)c1. The number of carbonyl (C=O) groups is 2. The molecule has 22 heavy (non-hydrogen) atoms. The third kappa shape index (κ3) is 4.34. The molecule has 2 N–H and O–H groups in total. The van der Waals surface area contributed by atoms with Gasteiger partial charge in [-0.25, -0.2) is 0 Å². The van der Waals surface area contributed by atoms with Crippen molar-refractivity contribution in [2.24, 2.45) is 0 Å². The van der Waals surface area contributed by atoms with Crippen LogP contribution in [0.2, 0.25) is 0 Å².